The fourth-order valence-electron chi connectivity index (χ4n) is 1.63. The van der Waals surface area contributed by atoms with Crippen molar-refractivity contribution in [2.24, 2.45) is 0 Å². The smallest absolute Gasteiger partial charge is 0.416 e. The maximum absolute atomic E-state index is 12.6. The average molecular weight is 270 g/mol. The van der Waals surface area contributed by atoms with Gasteiger partial charge in [-0.1, -0.05) is 0 Å². The van der Waals surface area contributed by atoms with E-state index in [1.165, 1.54) is 25.3 Å². The first kappa shape index (κ1) is 13.2. The molecule has 0 saturated carbocycles. The molecule has 100 valence electrons. The van der Waals surface area contributed by atoms with E-state index in [4.69, 9.17) is 9.15 Å². The Hall–Kier alpha value is -2.24. The highest BCUT2D eigenvalue weighted by Gasteiger charge is 2.31. The normalized spacial score (nSPS) is 11.4. The number of alkyl halides is 3. The second kappa shape index (κ2) is 4.79. The SMILES string of the molecule is COc1cc(C(F)(F)F)ccc1-c1ccc(C=O)o1. The number of aldehydes is 1. The summed E-state index contributed by atoms with van der Waals surface area (Å²) in [4.78, 5) is 10.5. The molecule has 0 amide bonds. The Kier molecular flexibility index (Phi) is 3.33. The Balaban J connectivity index is 2.49. The van der Waals surface area contributed by atoms with Gasteiger partial charge in [-0.3, -0.25) is 4.79 Å². The van der Waals surface area contributed by atoms with Gasteiger partial charge in [-0.05, 0) is 30.3 Å². The van der Waals surface area contributed by atoms with Gasteiger partial charge in [-0.2, -0.15) is 13.2 Å². The number of ether oxygens (including phenoxy) is 1. The molecule has 0 saturated heterocycles. The largest absolute Gasteiger partial charge is 0.496 e. The topological polar surface area (TPSA) is 39.4 Å². The van der Waals surface area contributed by atoms with Gasteiger partial charge in [0.15, 0.2) is 12.0 Å². The standard InChI is InChI=1S/C13H9F3O3/c1-18-12-6-8(13(14,15)16)2-4-10(12)11-5-3-9(7-17)19-11/h2-7H,1H3. The van der Waals surface area contributed by atoms with Gasteiger partial charge in [0.2, 0.25) is 0 Å². The Labute approximate surface area is 106 Å². The minimum Gasteiger partial charge on any atom is -0.496 e. The number of methoxy groups -OCH3 is 1. The molecule has 0 aliphatic heterocycles. The molecule has 0 radical (unpaired) electrons. The highest BCUT2D eigenvalue weighted by atomic mass is 19.4. The highest BCUT2D eigenvalue weighted by molar-refractivity contribution is 5.74. The van der Waals surface area contributed by atoms with Crippen LogP contribution in [0.5, 0.6) is 5.75 Å². The quantitative estimate of drug-likeness (QED) is 0.796. The van der Waals surface area contributed by atoms with Crippen molar-refractivity contribution in [3.05, 3.63) is 41.7 Å². The molecule has 0 fully saturated rings. The van der Waals surface area contributed by atoms with Crippen LogP contribution in [0.3, 0.4) is 0 Å². The predicted molar refractivity (Wildman–Crippen MR) is 61.1 cm³/mol. The number of furan rings is 1. The van der Waals surface area contributed by atoms with Crippen LogP contribution in [0.4, 0.5) is 13.2 Å². The van der Waals surface area contributed by atoms with Crippen molar-refractivity contribution in [1.82, 2.24) is 0 Å². The first-order valence-electron chi connectivity index (χ1n) is 5.26. The van der Waals surface area contributed by atoms with E-state index in [-0.39, 0.29) is 17.3 Å². The van der Waals surface area contributed by atoms with Gasteiger partial charge in [0.1, 0.15) is 11.5 Å². The Morgan fingerprint density at radius 3 is 2.47 bits per heavy atom. The molecule has 0 aliphatic carbocycles. The number of carbonyl (C=O) groups excluding carboxylic acids is 1. The molecule has 0 unspecified atom stereocenters. The van der Waals surface area contributed by atoms with Crippen LogP contribution in [-0.2, 0) is 6.18 Å². The number of hydrogen-bond donors (Lipinski definition) is 0. The third kappa shape index (κ3) is 2.62. The lowest BCUT2D eigenvalue weighted by Gasteiger charge is -2.11. The van der Waals surface area contributed by atoms with E-state index in [0.29, 0.717) is 11.8 Å². The Morgan fingerprint density at radius 1 is 1.21 bits per heavy atom. The molecule has 2 rings (SSSR count). The van der Waals surface area contributed by atoms with Gasteiger partial charge in [0.05, 0.1) is 18.2 Å². The van der Waals surface area contributed by atoms with Crippen LogP contribution in [0.15, 0.2) is 34.7 Å². The fraction of sp³-hybridized carbons (Fsp3) is 0.154. The average Bonchev–Trinajstić information content (AvgIpc) is 2.85. The molecule has 0 atom stereocenters. The number of halogens is 3. The van der Waals surface area contributed by atoms with Crippen LogP contribution >= 0.6 is 0 Å². The van der Waals surface area contributed by atoms with E-state index in [1.54, 1.807) is 0 Å². The van der Waals surface area contributed by atoms with E-state index in [9.17, 15) is 18.0 Å². The van der Waals surface area contributed by atoms with Crippen LogP contribution in [0, 0.1) is 0 Å². The lowest BCUT2D eigenvalue weighted by molar-refractivity contribution is -0.137. The molecule has 6 heteroatoms. The van der Waals surface area contributed by atoms with Crippen molar-refractivity contribution < 1.29 is 27.1 Å². The summed E-state index contributed by atoms with van der Waals surface area (Å²) in [7, 11) is 1.27. The molecule has 1 aromatic heterocycles. The summed E-state index contributed by atoms with van der Waals surface area (Å²) in [5.74, 6) is 0.395. The summed E-state index contributed by atoms with van der Waals surface area (Å²) in [6.07, 6.45) is -3.93. The third-order valence-electron chi connectivity index (χ3n) is 2.54. The van der Waals surface area contributed by atoms with Crippen molar-refractivity contribution in [2.45, 2.75) is 6.18 Å². The van der Waals surface area contributed by atoms with Crippen LogP contribution < -0.4 is 4.74 Å². The summed E-state index contributed by atoms with van der Waals surface area (Å²) in [6.45, 7) is 0. The summed E-state index contributed by atoms with van der Waals surface area (Å²) in [5.41, 5.74) is -0.459. The molecule has 0 bridgehead atoms. The van der Waals surface area contributed by atoms with Gasteiger partial charge in [0.25, 0.3) is 0 Å². The summed E-state index contributed by atoms with van der Waals surface area (Å²) < 4.78 is 47.8. The van der Waals surface area contributed by atoms with Crippen LogP contribution in [0.1, 0.15) is 16.1 Å². The molecular formula is C13H9F3O3. The zero-order chi connectivity index (χ0) is 14.0. The van der Waals surface area contributed by atoms with Gasteiger partial charge < -0.3 is 9.15 Å². The Morgan fingerprint density at radius 2 is 1.95 bits per heavy atom. The lowest BCUT2D eigenvalue weighted by atomic mass is 10.1. The Bertz CT molecular complexity index is 599. The minimum atomic E-state index is -4.44. The second-order valence-electron chi connectivity index (χ2n) is 3.73. The van der Waals surface area contributed by atoms with E-state index in [1.807, 2.05) is 0 Å². The van der Waals surface area contributed by atoms with Crippen molar-refractivity contribution in [1.29, 1.82) is 0 Å². The van der Waals surface area contributed by atoms with Crippen molar-refractivity contribution >= 4 is 6.29 Å². The first-order chi connectivity index (χ1) is 8.95. The first-order valence-corrected chi connectivity index (χ1v) is 5.26. The molecule has 1 heterocycles. The molecule has 0 N–H and O–H groups in total. The van der Waals surface area contributed by atoms with Gasteiger partial charge >= 0.3 is 6.18 Å². The molecular weight excluding hydrogens is 261 g/mol. The van der Waals surface area contributed by atoms with Crippen molar-refractivity contribution in [2.75, 3.05) is 7.11 Å². The molecule has 3 nitrogen and oxygen atoms in total. The maximum atomic E-state index is 12.6. The van der Waals surface area contributed by atoms with E-state index >= 15 is 0 Å². The summed E-state index contributed by atoms with van der Waals surface area (Å²) in [6, 6.07) is 5.99. The number of benzene rings is 1. The van der Waals surface area contributed by atoms with Crippen molar-refractivity contribution in [3.63, 3.8) is 0 Å². The monoisotopic (exact) mass is 270 g/mol. The fourth-order valence-corrected chi connectivity index (χ4v) is 1.63. The van der Waals surface area contributed by atoms with E-state index in [2.05, 4.69) is 0 Å². The molecule has 2 aromatic rings. The molecule has 19 heavy (non-hydrogen) atoms. The van der Waals surface area contributed by atoms with Crippen LogP contribution in [0.25, 0.3) is 11.3 Å². The third-order valence-corrected chi connectivity index (χ3v) is 2.54. The van der Waals surface area contributed by atoms with Crippen molar-refractivity contribution in [3.8, 4) is 17.1 Å². The molecule has 0 aliphatic rings. The maximum Gasteiger partial charge on any atom is 0.416 e. The van der Waals surface area contributed by atoms with Gasteiger partial charge in [-0.25, -0.2) is 0 Å². The van der Waals surface area contributed by atoms with Gasteiger partial charge in [-0.15, -0.1) is 0 Å². The number of rotatable bonds is 3. The second-order valence-corrected chi connectivity index (χ2v) is 3.73. The zero-order valence-corrected chi connectivity index (χ0v) is 9.82. The van der Waals surface area contributed by atoms with E-state index < -0.39 is 11.7 Å². The minimum absolute atomic E-state index is 0.0293. The predicted octanol–water partition coefficient (Wildman–Crippen LogP) is 3.79. The van der Waals surface area contributed by atoms with E-state index in [0.717, 1.165) is 12.1 Å². The number of carbonyl (C=O) groups is 1. The molecule has 1 aromatic carbocycles. The summed E-state index contributed by atoms with van der Waals surface area (Å²) >= 11 is 0. The summed E-state index contributed by atoms with van der Waals surface area (Å²) in [5, 5.41) is 0. The highest BCUT2D eigenvalue weighted by Crippen LogP contribution is 2.37. The van der Waals surface area contributed by atoms with Gasteiger partial charge in [0, 0.05) is 0 Å². The zero-order valence-electron chi connectivity index (χ0n) is 9.82. The lowest BCUT2D eigenvalue weighted by Crippen LogP contribution is -2.05. The molecule has 0 spiro atoms. The number of hydrogen-bond acceptors (Lipinski definition) is 3. The van der Waals surface area contributed by atoms with Crippen LogP contribution in [-0.4, -0.2) is 13.4 Å². The van der Waals surface area contributed by atoms with Crippen LogP contribution in [0.2, 0.25) is 0 Å².